The number of amides is 1. The fourth-order valence-corrected chi connectivity index (χ4v) is 3.73. The van der Waals surface area contributed by atoms with Crippen LogP contribution in [0, 0.1) is 0 Å². The number of nitrogen functional groups attached to an aromatic ring is 1. The number of carbonyl (C=O) groups is 1. The summed E-state index contributed by atoms with van der Waals surface area (Å²) in [7, 11) is 0. The van der Waals surface area contributed by atoms with Crippen LogP contribution in [0.15, 0.2) is 46.9 Å². The average molecular weight is 418 g/mol. The zero-order valence-corrected chi connectivity index (χ0v) is 17.4. The first-order valence-corrected chi connectivity index (χ1v) is 10.7. The number of nitrogens with zero attached hydrogens (tertiary/aromatic N) is 3. The molecular weight excluding hydrogens is 394 g/mol. The van der Waals surface area contributed by atoms with Gasteiger partial charge in [0.05, 0.1) is 12.3 Å². The molecule has 28 heavy (non-hydrogen) atoms. The number of hydrogen-bond acceptors (Lipinski definition) is 7. The van der Waals surface area contributed by atoms with Crippen LogP contribution in [0.2, 0.25) is 0 Å². The molecule has 3 rings (SSSR count). The second-order valence-electron chi connectivity index (χ2n) is 6.43. The number of ether oxygens (including phenoxy) is 1. The Morgan fingerprint density at radius 3 is 2.75 bits per heavy atom. The van der Waals surface area contributed by atoms with Crippen molar-refractivity contribution in [1.29, 1.82) is 0 Å². The summed E-state index contributed by atoms with van der Waals surface area (Å²) in [6.07, 6.45) is 0. The second-order valence-corrected chi connectivity index (χ2v) is 8.40. The number of hydrogen-bond donors (Lipinski definition) is 2. The van der Waals surface area contributed by atoms with Crippen molar-refractivity contribution >= 4 is 29.0 Å². The maximum atomic E-state index is 12.0. The van der Waals surface area contributed by atoms with Gasteiger partial charge in [-0.2, -0.15) is 0 Å². The fourth-order valence-electron chi connectivity index (χ4n) is 2.38. The molecule has 0 aliphatic carbocycles. The van der Waals surface area contributed by atoms with Crippen molar-refractivity contribution in [2.45, 2.75) is 38.1 Å². The molecule has 148 valence electrons. The van der Waals surface area contributed by atoms with Gasteiger partial charge in [-0.25, -0.2) is 4.68 Å². The first-order chi connectivity index (χ1) is 13.5. The van der Waals surface area contributed by atoms with Gasteiger partial charge in [-0.3, -0.25) is 4.79 Å². The fraction of sp³-hybridized carbons (Fsp3) is 0.316. The summed E-state index contributed by atoms with van der Waals surface area (Å²) in [5, 5.41) is 13.4. The van der Waals surface area contributed by atoms with E-state index in [-0.39, 0.29) is 18.3 Å². The quantitative estimate of drug-likeness (QED) is 0.410. The minimum atomic E-state index is -0.0792. The highest BCUT2D eigenvalue weighted by molar-refractivity contribution is 7.99. The summed E-state index contributed by atoms with van der Waals surface area (Å²) in [5.74, 6) is 7.89. The van der Waals surface area contributed by atoms with Gasteiger partial charge in [0.2, 0.25) is 11.1 Å². The summed E-state index contributed by atoms with van der Waals surface area (Å²) in [4.78, 5) is 13.1. The number of nitrogens with two attached hydrogens (primary N) is 1. The summed E-state index contributed by atoms with van der Waals surface area (Å²) >= 11 is 2.85. The minimum absolute atomic E-state index is 0.0792. The van der Waals surface area contributed by atoms with E-state index < -0.39 is 0 Å². The SMILES string of the molecule is CC(C)c1ccc(OCc2nnc(SCC(=O)NCc3cccs3)n2N)cc1. The van der Waals surface area contributed by atoms with Gasteiger partial charge in [-0.1, -0.05) is 43.8 Å². The lowest BCUT2D eigenvalue weighted by Crippen LogP contribution is -2.24. The van der Waals surface area contributed by atoms with Gasteiger partial charge in [0.15, 0.2) is 5.82 Å². The van der Waals surface area contributed by atoms with E-state index in [1.54, 1.807) is 11.3 Å². The summed E-state index contributed by atoms with van der Waals surface area (Å²) in [6.45, 7) is 5.03. The number of rotatable bonds is 9. The molecule has 3 N–H and O–H groups in total. The molecule has 0 spiro atoms. The van der Waals surface area contributed by atoms with Gasteiger partial charge >= 0.3 is 0 Å². The topological polar surface area (TPSA) is 95.1 Å². The maximum absolute atomic E-state index is 12.0. The van der Waals surface area contributed by atoms with Crippen LogP contribution in [-0.2, 0) is 17.9 Å². The third-order valence-corrected chi connectivity index (χ3v) is 5.84. The lowest BCUT2D eigenvalue weighted by molar-refractivity contribution is -0.118. The smallest absolute Gasteiger partial charge is 0.230 e. The number of thiophene rings is 1. The van der Waals surface area contributed by atoms with Crippen molar-refractivity contribution in [3.63, 3.8) is 0 Å². The molecule has 3 aromatic rings. The van der Waals surface area contributed by atoms with Crippen molar-refractivity contribution < 1.29 is 9.53 Å². The maximum Gasteiger partial charge on any atom is 0.230 e. The van der Waals surface area contributed by atoms with Gasteiger partial charge in [0.1, 0.15) is 12.4 Å². The predicted octanol–water partition coefficient (Wildman–Crippen LogP) is 3.16. The molecule has 1 amide bonds. The van der Waals surface area contributed by atoms with E-state index in [1.165, 1.54) is 22.0 Å². The van der Waals surface area contributed by atoms with Crippen LogP contribution >= 0.6 is 23.1 Å². The molecule has 0 radical (unpaired) electrons. The van der Waals surface area contributed by atoms with Gasteiger partial charge < -0.3 is 15.9 Å². The molecule has 0 saturated carbocycles. The predicted molar refractivity (Wildman–Crippen MR) is 112 cm³/mol. The van der Waals surface area contributed by atoms with E-state index in [0.29, 0.717) is 23.4 Å². The molecule has 2 aromatic heterocycles. The monoisotopic (exact) mass is 417 g/mol. The molecule has 2 heterocycles. The summed E-state index contributed by atoms with van der Waals surface area (Å²) < 4.78 is 7.10. The zero-order chi connectivity index (χ0) is 19.9. The highest BCUT2D eigenvalue weighted by Crippen LogP contribution is 2.20. The summed E-state index contributed by atoms with van der Waals surface area (Å²) in [6, 6.07) is 11.9. The number of carbonyl (C=O) groups excluding carboxylic acids is 1. The summed E-state index contributed by atoms with van der Waals surface area (Å²) in [5.41, 5.74) is 1.25. The third kappa shape index (κ3) is 5.49. The van der Waals surface area contributed by atoms with Gasteiger partial charge in [0, 0.05) is 4.88 Å². The Balaban J connectivity index is 1.47. The van der Waals surface area contributed by atoms with Crippen LogP contribution < -0.4 is 15.9 Å². The lowest BCUT2D eigenvalue weighted by Gasteiger charge is -2.09. The molecule has 7 nitrogen and oxygen atoms in total. The van der Waals surface area contributed by atoms with Crippen LogP contribution in [-0.4, -0.2) is 26.5 Å². The van der Waals surface area contributed by atoms with E-state index in [9.17, 15) is 4.79 Å². The molecule has 0 aliphatic heterocycles. The van der Waals surface area contributed by atoms with Crippen molar-refractivity contribution in [3.8, 4) is 5.75 Å². The molecule has 9 heteroatoms. The van der Waals surface area contributed by atoms with Gasteiger partial charge in [-0.05, 0) is 35.1 Å². The Labute approximate surface area is 172 Å². The Morgan fingerprint density at radius 1 is 1.29 bits per heavy atom. The van der Waals surface area contributed by atoms with Crippen molar-refractivity contribution in [3.05, 3.63) is 58.0 Å². The highest BCUT2D eigenvalue weighted by Gasteiger charge is 2.13. The molecule has 0 aliphatic rings. The van der Waals surface area contributed by atoms with Crippen LogP contribution in [0.3, 0.4) is 0 Å². The Bertz CT molecular complexity index is 892. The molecule has 0 bridgehead atoms. The van der Waals surface area contributed by atoms with Crippen LogP contribution in [0.25, 0.3) is 0 Å². The van der Waals surface area contributed by atoms with Crippen molar-refractivity contribution in [2.24, 2.45) is 0 Å². The zero-order valence-electron chi connectivity index (χ0n) is 15.8. The van der Waals surface area contributed by atoms with Crippen molar-refractivity contribution in [2.75, 3.05) is 11.6 Å². The molecular formula is C19H23N5O2S2. The van der Waals surface area contributed by atoms with Crippen LogP contribution in [0.4, 0.5) is 0 Å². The number of aromatic nitrogens is 3. The van der Waals surface area contributed by atoms with E-state index in [4.69, 9.17) is 10.6 Å². The minimum Gasteiger partial charge on any atom is -0.486 e. The largest absolute Gasteiger partial charge is 0.486 e. The van der Waals surface area contributed by atoms with Gasteiger partial charge in [-0.15, -0.1) is 21.5 Å². The Morgan fingerprint density at radius 2 is 2.07 bits per heavy atom. The average Bonchev–Trinajstić information content (AvgIpc) is 3.33. The Hall–Kier alpha value is -2.52. The number of benzene rings is 1. The number of nitrogens with one attached hydrogen (secondary N) is 1. The van der Waals surface area contributed by atoms with Crippen LogP contribution in [0.5, 0.6) is 5.75 Å². The highest BCUT2D eigenvalue weighted by atomic mass is 32.2. The first kappa shape index (κ1) is 20.2. The first-order valence-electron chi connectivity index (χ1n) is 8.87. The second kappa shape index (κ2) is 9.61. The van der Waals surface area contributed by atoms with Crippen LogP contribution in [0.1, 0.15) is 36.0 Å². The van der Waals surface area contributed by atoms with Gasteiger partial charge in [0.25, 0.3) is 0 Å². The standard InChI is InChI=1S/C19H23N5O2S2/c1-13(2)14-5-7-15(8-6-14)26-11-17-22-23-19(24(17)20)28-12-18(25)21-10-16-4-3-9-27-16/h3-9,13H,10-12,20H2,1-2H3,(H,21,25). The van der Waals surface area contributed by atoms with E-state index in [2.05, 4.69) is 29.4 Å². The molecule has 0 saturated heterocycles. The molecule has 0 fully saturated rings. The molecule has 0 atom stereocenters. The lowest BCUT2D eigenvalue weighted by atomic mass is 10.0. The molecule has 1 aromatic carbocycles. The number of thioether (sulfide) groups is 1. The van der Waals surface area contributed by atoms with E-state index in [0.717, 1.165) is 10.6 Å². The normalized spacial score (nSPS) is 11.0. The van der Waals surface area contributed by atoms with Crippen molar-refractivity contribution in [1.82, 2.24) is 20.2 Å². The van der Waals surface area contributed by atoms with E-state index in [1.807, 2.05) is 41.8 Å². The molecule has 0 unspecified atom stereocenters. The third-order valence-electron chi connectivity index (χ3n) is 4.02. The van der Waals surface area contributed by atoms with E-state index >= 15 is 0 Å². The Kier molecular flexibility index (Phi) is 6.94.